The minimum absolute atomic E-state index is 0.0955. The Kier molecular flexibility index (Phi) is 4.60. The average molecular weight is 422 g/mol. The van der Waals surface area contributed by atoms with Crippen LogP contribution < -0.4 is 15.2 Å². The molecule has 0 radical (unpaired) electrons. The molecule has 1 aromatic heterocycles. The molecule has 1 aliphatic rings. The van der Waals surface area contributed by atoms with Crippen LogP contribution >= 0.6 is 0 Å². The summed E-state index contributed by atoms with van der Waals surface area (Å²) < 4.78 is 13.3. The Hall–Kier alpha value is -4.24. The summed E-state index contributed by atoms with van der Waals surface area (Å²) in [6, 6.07) is 22.2. The van der Waals surface area contributed by atoms with Crippen LogP contribution in [0.5, 0.6) is 11.6 Å². The molecule has 0 bridgehead atoms. The van der Waals surface area contributed by atoms with Crippen molar-refractivity contribution in [3.8, 4) is 23.4 Å². The number of nitriles is 1. The van der Waals surface area contributed by atoms with Gasteiger partial charge in [-0.1, -0.05) is 48.0 Å². The minimum Gasteiger partial charge on any atom is -0.496 e. The molecule has 2 heterocycles. The van der Waals surface area contributed by atoms with Crippen molar-refractivity contribution < 1.29 is 9.47 Å². The van der Waals surface area contributed by atoms with E-state index in [0.29, 0.717) is 11.5 Å². The Morgan fingerprint density at radius 2 is 1.75 bits per heavy atom. The number of rotatable bonds is 3. The first kappa shape index (κ1) is 19.7. The van der Waals surface area contributed by atoms with Crippen molar-refractivity contribution in [2.24, 2.45) is 5.73 Å². The molecule has 1 aliphatic heterocycles. The Bertz CT molecular complexity index is 1420. The van der Waals surface area contributed by atoms with Gasteiger partial charge in [-0.25, -0.2) is 4.68 Å². The largest absolute Gasteiger partial charge is 0.496 e. The highest BCUT2D eigenvalue weighted by Crippen LogP contribution is 2.47. The van der Waals surface area contributed by atoms with Crippen LogP contribution in [0.2, 0.25) is 0 Å². The maximum atomic E-state index is 10.0. The zero-order valence-electron chi connectivity index (χ0n) is 18.1. The van der Waals surface area contributed by atoms with Gasteiger partial charge in [-0.05, 0) is 43.0 Å². The van der Waals surface area contributed by atoms with E-state index in [1.807, 2.05) is 74.5 Å². The monoisotopic (exact) mass is 422 g/mol. The Balaban J connectivity index is 1.79. The summed E-state index contributed by atoms with van der Waals surface area (Å²) in [6.45, 7) is 3.97. The van der Waals surface area contributed by atoms with Gasteiger partial charge in [-0.3, -0.25) is 0 Å². The first-order chi connectivity index (χ1) is 15.5. The van der Waals surface area contributed by atoms with Crippen molar-refractivity contribution in [1.82, 2.24) is 9.78 Å². The molecule has 158 valence electrons. The van der Waals surface area contributed by atoms with E-state index in [-0.39, 0.29) is 5.88 Å². The van der Waals surface area contributed by atoms with Crippen LogP contribution in [-0.4, -0.2) is 16.9 Å². The first-order valence-corrected chi connectivity index (χ1v) is 10.3. The number of aryl methyl sites for hydroxylation is 2. The molecule has 4 aromatic rings. The molecule has 0 saturated heterocycles. The quantitative estimate of drug-likeness (QED) is 0.509. The van der Waals surface area contributed by atoms with Gasteiger partial charge >= 0.3 is 0 Å². The SMILES string of the molecule is COc1ccc(C2C(C#N)=C(N)Oc3c2c(C)nn3-c2ccc(C)cc2)c2ccccc12. The van der Waals surface area contributed by atoms with Gasteiger partial charge in [-0.15, -0.1) is 0 Å². The van der Waals surface area contributed by atoms with E-state index in [1.54, 1.807) is 11.8 Å². The fourth-order valence-electron chi connectivity index (χ4n) is 4.41. The summed E-state index contributed by atoms with van der Waals surface area (Å²) in [4.78, 5) is 0. The van der Waals surface area contributed by atoms with E-state index in [1.165, 1.54) is 0 Å². The topological polar surface area (TPSA) is 86.1 Å². The van der Waals surface area contributed by atoms with E-state index in [4.69, 9.17) is 20.3 Å². The van der Waals surface area contributed by atoms with Crippen molar-refractivity contribution in [2.75, 3.05) is 7.11 Å². The van der Waals surface area contributed by atoms with Crippen molar-refractivity contribution in [1.29, 1.82) is 5.26 Å². The zero-order chi connectivity index (χ0) is 22.4. The molecule has 32 heavy (non-hydrogen) atoms. The van der Waals surface area contributed by atoms with E-state index < -0.39 is 5.92 Å². The molecule has 0 aliphatic carbocycles. The number of nitrogens with zero attached hydrogens (tertiary/aromatic N) is 3. The van der Waals surface area contributed by atoms with E-state index in [2.05, 4.69) is 6.07 Å². The molecule has 6 nitrogen and oxygen atoms in total. The third-order valence-electron chi connectivity index (χ3n) is 5.96. The molecule has 0 amide bonds. The average Bonchev–Trinajstić information content (AvgIpc) is 3.13. The summed E-state index contributed by atoms with van der Waals surface area (Å²) >= 11 is 0. The fraction of sp³-hybridized carbons (Fsp3) is 0.154. The van der Waals surface area contributed by atoms with Gasteiger partial charge in [0.15, 0.2) is 0 Å². The molecule has 0 spiro atoms. The third-order valence-corrected chi connectivity index (χ3v) is 5.96. The van der Waals surface area contributed by atoms with Gasteiger partial charge in [0, 0.05) is 5.39 Å². The van der Waals surface area contributed by atoms with Crippen molar-refractivity contribution >= 4 is 10.8 Å². The summed E-state index contributed by atoms with van der Waals surface area (Å²) in [7, 11) is 1.66. The molecule has 3 aromatic carbocycles. The minimum atomic E-state index is -0.404. The van der Waals surface area contributed by atoms with Gasteiger partial charge in [0.25, 0.3) is 0 Å². The van der Waals surface area contributed by atoms with Crippen molar-refractivity contribution in [3.05, 3.63) is 94.5 Å². The number of hydrogen-bond acceptors (Lipinski definition) is 5. The lowest BCUT2D eigenvalue weighted by molar-refractivity contribution is 0.367. The van der Waals surface area contributed by atoms with Gasteiger partial charge in [0.1, 0.15) is 17.4 Å². The van der Waals surface area contributed by atoms with Crippen LogP contribution in [0.1, 0.15) is 28.3 Å². The van der Waals surface area contributed by atoms with Crippen molar-refractivity contribution in [3.63, 3.8) is 0 Å². The van der Waals surface area contributed by atoms with E-state index >= 15 is 0 Å². The number of allylic oxidation sites excluding steroid dienone is 1. The highest BCUT2D eigenvalue weighted by atomic mass is 16.5. The second kappa shape index (κ2) is 7.47. The van der Waals surface area contributed by atoms with Gasteiger partial charge < -0.3 is 15.2 Å². The normalized spacial score (nSPS) is 15.2. The van der Waals surface area contributed by atoms with Crippen LogP contribution in [0.3, 0.4) is 0 Å². The number of aromatic nitrogens is 2. The Labute approximate surface area is 186 Å². The summed E-state index contributed by atoms with van der Waals surface area (Å²) in [5.74, 6) is 1.00. The maximum Gasteiger partial charge on any atom is 0.229 e. The fourth-order valence-corrected chi connectivity index (χ4v) is 4.41. The standard InChI is InChI=1S/C26H22N4O2/c1-15-8-10-17(11-9-15)30-26-23(16(2)29-30)24(21(14-27)25(28)32-26)20-12-13-22(31-3)19-7-5-4-6-18(19)20/h4-13,24H,28H2,1-3H3. The molecule has 5 rings (SSSR count). The third kappa shape index (κ3) is 2.90. The number of ether oxygens (including phenoxy) is 2. The van der Waals surface area contributed by atoms with Gasteiger partial charge in [0.2, 0.25) is 11.8 Å². The second-order valence-corrected chi connectivity index (χ2v) is 7.88. The molecule has 0 saturated carbocycles. The number of benzene rings is 3. The number of hydrogen-bond donors (Lipinski definition) is 1. The molecular formula is C26H22N4O2. The van der Waals surface area contributed by atoms with Crippen LogP contribution in [-0.2, 0) is 0 Å². The predicted octanol–water partition coefficient (Wildman–Crippen LogP) is 4.87. The second-order valence-electron chi connectivity index (χ2n) is 7.88. The smallest absolute Gasteiger partial charge is 0.229 e. The molecule has 6 heteroatoms. The van der Waals surface area contributed by atoms with Crippen LogP contribution in [0.25, 0.3) is 16.5 Å². The van der Waals surface area contributed by atoms with Gasteiger partial charge in [0.05, 0.1) is 30.0 Å². The highest BCUT2D eigenvalue weighted by molar-refractivity contribution is 5.92. The van der Waals surface area contributed by atoms with E-state index in [0.717, 1.165) is 44.6 Å². The molecule has 1 unspecified atom stereocenters. The summed E-state index contributed by atoms with van der Waals surface area (Å²) in [6.07, 6.45) is 0. The molecule has 1 atom stereocenters. The van der Waals surface area contributed by atoms with Crippen LogP contribution in [0.4, 0.5) is 0 Å². The Morgan fingerprint density at radius 1 is 1.03 bits per heavy atom. The zero-order valence-corrected chi connectivity index (χ0v) is 18.1. The Morgan fingerprint density at radius 3 is 2.44 bits per heavy atom. The number of fused-ring (bicyclic) bond motifs is 2. The van der Waals surface area contributed by atoms with E-state index in [9.17, 15) is 5.26 Å². The van der Waals surface area contributed by atoms with Crippen molar-refractivity contribution in [2.45, 2.75) is 19.8 Å². The number of nitrogens with two attached hydrogens (primary N) is 1. The summed E-state index contributed by atoms with van der Waals surface area (Å²) in [5.41, 5.74) is 11.3. The lowest BCUT2D eigenvalue weighted by atomic mass is 9.82. The van der Waals surface area contributed by atoms with Gasteiger partial charge in [-0.2, -0.15) is 10.4 Å². The molecule has 0 fully saturated rings. The highest BCUT2D eigenvalue weighted by Gasteiger charge is 2.37. The lowest BCUT2D eigenvalue weighted by Crippen LogP contribution is -2.22. The van der Waals surface area contributed by atoms with Crippen LogP contribution in [0.15, 0.2) is 72.1 Å². The predicted molar refractivity (Wildman–Crippen MR) is 123 cm³/mol. The molecule has 2 N–H and O–H groups in total. The first-order valence-electron chi connectivity index (χ1n) is 10.3. The lowest BCUT2D eigenvalue weighted by Gasteiger charge is -2.26. The maximum absolute atomic E-state index is 10.0. The number of methoxy groups -OCH3 is 1. The van der Waals surface area contributed by atoms with Crippen LogP contribution in [0, 0.1) is 25.2 Å². The summed E-state index contributed by atoms with van der Waals surface area (Å²) in [5, 5.41) is 16.7. The molecular weight excluding hydrogens is 400 g/mol.